The molecule has 12 heteroatoms. The van der Waals surface area contributed by atoms with Gasteiger partial charge in [0.05, 0.1) is 6.04 Å². The maximum absolute atomic E-state index is 13.9. The van der Waals surface area contributed by atoms with Gasteiger partial charge in [0.15, 0.2) is 0 Å². The molecule has 0 bridgehead atoms. The van der Waals surface area contributed by atoms with E-state index in [1.807, 2.05) is 55.4 Å². The van der Waals surface area contributed by atoms with Crippen molar-refractivity contribution in [2.24, 2.45) is 34.3 Å². The van der Waals surface area contributed by atoms with E-state index in [2.05, 4.69) is 21.3 Å². The number of primary amides is 1. The number of ketones is 1. The highest BCUT2D eigenvalue weighted by atomic mass is 16.2. The smallest absolute Gasteiger partial charge is 0.315 e. The maximum Gasteiger partial charge on any atom is 0.315 e. The zero-order chi connectivity index (χ0) is 29.7. The second kappa shape index (κ2) is 10.4. The van der Waals surface area contributed by atoms with Gasteiger partial charge in [0.2, 0.25) is 23.5 Å². The number of amides is 6. The molecule has 2 heterocycles. The number of rotatable bonds is 8. The van der Waals surface area contributed by atoms with Crippen molar-refractivity contribution in [1.82, 2.24) is 26.2 Å². The molecule has 0 aromatic rings. The highest BCUT2D eigenvalue weighted by Crippen LogP contribution is 2.65. The first-order valence-electron chi connectivity index (χ1n) is 13.6. The van der Waals surface area contributed by atoms with Gasteiger partial charge in [-0.15, -0.1) is 0 Å². The molecule has 6 N–H and O–H groups in total. The molecule has 2 aliphatic heterocycles. The molecular weight excluding hydrogens is 504 g/mol. The van der Waals surface area contributed by atoms with Crippen molar-refractivity contribution in [3.8, 4) is 0 Å². The summed E-state index contributed by atoms with van der Waals surface area (Å²) in [4.78, 5) is 78.4. The average Bonchev–Trinajstić information content (AvgIpc) is 3.14. The van der Waals surface area contributed by atoms with Crippen LogP contribution in [0, 0.1) is 28.6 Å². The molecule has 3 rings (SSSR count). The minimum atomic E-state index is -1.28. The van der Waals surface area contributed by atoms with Crippen molar-refractivity contribution in [2.45, 2.75) is 91.9 Å². The molecule has 2 saturated heterocycles. The number of nitrogens with zero attached hydrogens (tertiary/aromatic N) is 1. The first-order chi connectivity index (χ1) is 17.8. The van der Waals surface area contributed by atoms with Crippen LogP contribution < -0.4 is 27.0 Å². The van der Waals surface area contributed by atoms with Gasteiger partial charge in [0, 0.05) is 24.5 Å². The molecule has 0 radical (unpaired) electrons. The number of nitrogens with two attached hydrogens (primary N) is 1. The summed E-state index contributed by atoms with van der Waals surface area (Å²) < 4.78 is 0. The third kappa shape index (κ3) is 6.52. The minimum Gasteiger partial charge on any atom is -0.363 e. The Morgan fingerprint density at radius 3 is 2.18 bits per heavy atom. The summed E-state index contributed by atoms with van der Waals surface area (Å²) in [6.45, 7) is 15.8. The lowest BCUT2D eigenvalue weighted by molar-refractivity contribution is -0.145. The Labute approximate surface area is 229 Å². The van der Waals surface area contributed by atoms with Crippen LogP contribution in [0.3, 0.4) is 0 Å². The van der Waals surface area contributed by atoms with Crippen LogP contribution in [-0.2, 0) is 24.0 Å². The van der Waals surface area contributed by atoms with Gasteiger partial charge in [-0.25, -0.2) is 4.79 Å². The topological polar surface area (TPSA) is 180 Å². The molecule has 39 heavy (non-hydrogen) atoms. The molecule has 1 saturated carbocycles. The fourth-order valence-corrected chi connectivity index (χ4v) is 5.95. The normalized spacial score (nSPS) is 27.1. The number of urea groups is 1. The molecule has 218 valence electrons. The van der Waals surface area contributed by atoms with Crippen molar-refractivity contribution in [1.29, 1.82) is 0 Å². The van der Waals surface area contributed by atoms with Gasteiger partial charge in [-0.3, -0.25) is 24.0 Å². The highest BCUT2D eigenvalue weighted by molar-refractivity contribution is 6.38. The van der Waals surface area contributed by atoms with E-state index in [0.717, 1.165) is 0 Å². The van der Waals surface area contributed by atoms with Gasteiger partial charge in [-0.05, 0) is 56.3 Å². The lowest BCUT2D eigenvalue weighted by Gasteiger charge is -2.38. The van der Waals surface area contributed by atoms with Crippen molar-refractivity contribution in [2.75, 3.05) is 13.1 Å². The van der Waals surface area contributed by atoms with Crippen LogP contribution in [0.1, 0.15) is 68.2 Å². The zero-order valence-corrected chi connectivity index (χ0v) is 24.3. The van der Waals surface area contributed by atoms with Crippen LogP contribution >= 0.6 is 0 Å². The Bertz CT molecular complexity index is 1060. The van der Waals surface area contributed by atoms with Crippen LogP contribution in [0.15, 0.2) is 0 Å². The number of hydrogen-bond donors (Lipinski definition) is 5. The van der Waals surface area contributed by atoms with E-state index in [0.29, 0.717) is 19.5 Å². The molecule has 0 unspecified atom stereocenters. The maximum atomic E-state index is 13.9. The van der Waals surface area contributed by atoms with Crippen LogP contribution in [0.5, 0.6) is 0 Å². The summed E-state index contributed by atoms with van der Waals surface area (Å²) in [5.41, 5.74) is 3.86. The average molecular weight is 549 g/mol. The summed E-state index contributed by atoms with van der Waals surface area (Å²) in [6, 6.07) is -3.62. The van der Waals surface area contributed by atoms with E-state index < -0.39 is 64.5 Å². The quantitative estimate of drug-likeness (QED) is 0.267. The van der Waals surface area contributed by atoms with Gasteiger partial charge in [0.1, 0.15) is 12.1 Å². The summed E-state index contributed by atoms with van der Waals surface area (Å²) in [7, 11) is 0. The fourth-order valence-electron chi connectivity index (χ4n) is 5.95. The molecule has 12 nitrogen and oxygen atoms in total. The van der Waals surface area contributed by atoms with Crippen LogP contribution in [0.2, 0.25) is 0 Å². The number of nitrogens with one attached hydrogen (secondary N) is 4. The second-order valence-corrected chi connectivity index (χ2v) is 13.8. The minimum absolute atomic E-state index is 0.0589. The Morgan fingerprint density at radius 1 is 1.08 bits per heavy atom. The molecule has 6 amide bonds. The third-order valence-corrected chi connectivity index (χ3v) is 8.20. The van der Waals surface area contributed by atoms with Crippen molar-refractivity contribution in [3.63, 3.8) is 0 Å². The molecule has 0 aromatic carbocycles. The summed E-state index contributed by atoms with van der Waals surface area (Å²) in [5.74, 6) is -4.06. The predicted molar refractivity (Wildman–Crippen MR) is 143 cm³/mol. The Morgan fingerprint density at radius 2 is 1.69 bits per heavy atom. The standard InChI is InChI=1S/C27H44N6O6/c1-25(2,3)19(31-24(39)32-26(4,5)6)23(38)33-12-14-16(27(14,7)8)17(33)22(37)30-15(18(34)20(28)35)11-13-9-10-29-21(13)36/h13-17,19H,9-12H2,1-8H3,(H2,28,35)(H,29,36)(H,30,37)(H2,31,32,39)/t13-,14-,15+,16-,17-,19+/m0/s1. The number of Topliss-reactive ketones (excluding diaryl/α,β-unsaturated/α-hetero) is 1. The van der Waals surface area contributed by atoms with E-state index in [1.54, 1.807) is 0 Å². The van der Waals surface area contributed by atoms with Gasteiger partial charge in [-0.1, -0.05) is 34.6 Å². The largest absolute Gasteiger partial charge is 0.363 e. The Balaban J connectivity index is 1.86. The van der Waals surface area contributed by atoms with E-state index in [9.17, 15) is 28.8 Å². The first-order valence-corrected chi connectivity index (χ1v) is 13.6. The van der Waals surface area contributed by atoms with Crippen LogP contribution in [-0.4, -0.2) is 77.1 Å². The number of carbonyl (C=O) groups is 6. The molecule has 3 fully saturated rings. The van der Waals surface area contributed by atoms with E-state index in [1.165, 1.54) is 4.90 Å². The van der Waals surface area contributed by atoms with Crippen molar-refractivity contribution >= 4 is 35.4 Å². The van der Waals surface area contributed by atoms with Gasteiger partial charge in [0.25, 0.3) is 5.91 Å². The summed E-state index contributed by atoms with van der Waals surface area (Å²) >= 11 is 0. The SMILES string of the molecule is CC(C)(C)NC(=O)N[C@H](C(=O)N1C[C@H]2[C@@H]([C@H]1C(=O)N[C@H](C[C@@H]1CCNC1=O)C(=O)C(N)=O)C2(C)C)C(C)(C)C. The lowest BCUT2D eigenvalue weighted by atomic mass is 9.85. The Kier molecular flexibility index (Phi) is 8.11. The van der Waals surface area contributed by atoms with Gasteiger partial charge in [-0.2, -0.15) is 0 Å². The number of likely N-dealkylation sites (tertiary alicyclic amines) is 1. The molecule has 6 atom stereocenters. The fraction of sp³-hybridized carbons (Fsp3) is 0.778. The number of carbonyl (C=O) groups excluding carboxylic acids is 6. The third-order valence-electron chi connectivity index (χ3n) is 8.20. The van der Waals surface area contributed by atoms with Crippen molar-refractivity contribution < 1.29 is 28.8 Å². The lowest BCUT2D eigenvalue weighted by Crippen LogP contribution is -2.62. The number of piperidine rings is 1. The molecule has 1 aliphatic carbocycles. The van der Waals surface area contributed by atoms with Crippen molar-refractivity contribution in [3.05, 3.63) is 0 Å². The van der Waals surface area contributed by atoms with E-state index >= 15 is 0 Å². The Hall–Kier alpha value is -3.18. The summed E-state index contributed by atoms with van der Waals surface area (Å²) in [5, 5.41) is 10.9. The number of hydrogen-bond acceptors (Lipinski definition) is 6. The van der Waals surface area contributed by atoms with E-state index in [-0.39, 0.29) is 29.6 Å². The van der Waals surface area contributed by atoms with E-state index in [4.69, 9.17) is 5.73 Å². The van der Waals surface area contributed by atoms with Crippen LogP contribution in [0.25, 0.3) is 0 Å². The summed E-state index contributed by atoms with van der Waals surface area (Å²) in [6.07, 6.45) is 0.412. The molecule has 0 aromatic heterocycles. The highest BCUT2D eigenvalue weighted by Gasteiger charge is 2.70. The molecule has 3 aliphatic rings. The van der Waals surface area contributed by atoms with Crippen LogP contribution in [0.4, 0.5) is 4.79 Å². The monoisotopic (exact) mass is 548 g/mol. The molecular formula is C27H44N6O6. The van der Waals surface area contributed by atoms with Gasteiger partial charge < -0.3 is 31.9 Å². The number of fused-ring (bicyclic) bond motifs is 1. The molecule has 0 spiro atoms. The second-order valence-electron chi connectivity index (χ2n) is 13.8. The van der Waals surface area contributed by atoms with Gasteiger partial charge >= 0.3 is 6.03 Å². The predicted octanol–water partition coefficient (Wildman–Crippen LogP) is 0.0472. The zero-order valence-electron chi connectivity index (χ0n) is 24.3. The first kappa shape index (κ1) is 30.4.